The van der Waals surface area contributed by atoms with Crippen LogP contribution in [0.3, 0.4) is 0 Å². The van der Waals surface area contributed by atoms with E-state index in [0.717, 1.165) is 11.2 Å². The minimum absolute atomic E-state index is 0.0409. The summed E-state index contributed by atoms with van der Waals surface area (Å²) in [5.74, 6) is -0.0409. The fourth-order valence-electron chi connectivity index (χ4n) is 1.94. The molecule has 23 heavy (non-hydrogen) atoms. The number of Topliss-reactive ketones (excluding diaryl/α,β-unsaturated/α-hetero) is 1. The highest BCUT2D eigenvalue weighted by molar-refractivity contribution is 8.00. The van der Waals surface area contributed by atoms with E-state index in [-0.39, 0.29) is 11.0 Å². The van der Waals surface area contributed by atoms with E-state index in [4.69, 9.17) is 11.6 Å². The Morgan fingerprint density at radius 1 is 1.13 bits per heavy atom. The Bertz CT molecular complexity index is 804. The van der Waals surface area contributed by atoms with E-state index < -0.39 is 10.0 Å². The van der Waals surface area contributed by atoms with Gasteiger partial charge in [-0.25, -0.2) is 8.42 Å². The summed E-state index contributed by atoms with van der Waals surface area (Å²) in [6, 6.07) is 13.7. The van der Waals surface area contributed by atoms with Crippen molar-refractivity contribution in [3.63, 3.8) is 0 Å². The third-order valence-electron chi connectivity index (χ3n) is 2.98. The highest BCUT2D eigenvalue weighted by Crippen LogP contribution is 2.31. The number of benzene rings is 2. The van der Waals surface area contributed by atoms with Crippen molar-refractivity contribution in [1.82, 2.24) is 0 Å². The summed E-state index contributed by atoms with van der Waals surface area (Å²) in [4.78, 5) is 13.3. The first kappa shape index (κ1) is 17.8. The number of ketones is 1. The van der Waals surface area contributed by atoms with Crippen LogP contribution in [0.5, 0.6) is 0 Å². The summed E-state index contributed by atoms with van der Waals surface area (Å²) in [7, 11) is -3.33. The fraction of sp³-hybridized carbons (Fsp3) is 0.188. The monoisotopic (exact) mass is 369 g/mol. The lowest BCUT2D eigenvalue weighted by molar-refractivity contribution is 0.0994. The molecule has 4 nitrogen and oxygen atoms in total. The van der Waals surface area contributed by atoms with Crippen LogP contribution in [0.25, 0.3) is 0 Å². The van der Waals surface area contributed by atoms with Crippen molar-refractivity contribution < 1.29 is 13.2 Å². The molecule has 0 spiro atoms. The van der Waals surface area contributed by atoms with Gasteiger partial charge in [0, 0.05) is 16.1 Å². The zero-order valence-electron chi connectivity index (χ0n) is 12.6. The standard InChI is InChI=1S/C16H16ClNO3S2/c1-11(22-15-6-4-3-5-14(15)17)16(19)12-7-9-13(10-8-12)18-23(2,20)21/h3-11,18H,1-2H3/t11-/m1/s1. The molecule has 2 aromatic rings. The summed E-state index contributed by atoms with van der Waals surface area (Å²) >= 11 is 7.50. The fourth-order valence-corrected chi connectivity index (χ4v) is 3.73. The number of hydrogen-bond donors (Lipinski definition) is 1. The van der Waals surface area contributed by atoms with Crippen LogP contribution in [-0.4, -0.2) is 25.7 Å². The predicted octanol–water partition coefficient (Wildman–Crippen LogP) is 4.08. The topological polar surface area (TPSA) is 63.2 Å². The second kappa shape index (κ2) is 7.38. The van der Waals surface area contributed by atoms with Crippen molar-refractivity contribution in [1.29, 1.82) is 0 Å². The van der Waals surface area contributed by atoms with Crippen molar-refractivity contribution in [3.05, 3.63) is 59.1 Å². The van der Waals surface area contributed by atoms with Crippen LogP contribution in [0.2, 0.25) is 5.02 Å². The third-order valence-corrected chi connectivity index (χ3v) is 5.21. The number of carbonyl (C=O) groups is 1. The molecule has 1 N–H and O–H groups in total. The minimum Gasteiger partial charge on any atom is -0.293 e. The molecule has 0 heterocycles. The van der Waals surface area contributed by atoms with Crippen LogP contribution in [0.1, 0.15) is 17.3 Å². The maximum Gasteiger partial charge on any atom is 0.229 e. The number of halogens is 1. The molecular weight excluding hydrogens is 354 g/mol. The summed E-state index contributed by atoms with van der Waals surface area (Å²) < 4.78 is 24.7. The lowest BCUT2D eigenvalue weighted by atomic mass is 10.1. The SMILES string of the molecule is C[C@@H](Sc1ccccc1Cl)C(=O)c1ccc(NS(C)(=O)=O)cc1. The van der Waals surface area contributed by atoms with Crippen LogP contribution in [0.4, 0.5) is 5.69 Å². The molecule has 0 radical (unpaired) electrons. The summed E-state index contributed by atoms with van der Waals surface area (Å²) in [5, 5.41) is 0.313. The average molecular weight is 370 g/mol. The van der Waals surface area contributed by atoms with Crippen molar-refractivity contribution in [2.24, 2.45) is 0 Å². The molecule has 2 aromatic carbocycles. The number of rotatable bonds is 6. The normalized spacial score (nSPS) is 12.7. The number of carbonyl (C=O) groups excluding carboxylic acids is 1. The molecule has 0 amide bonds. The zero-order valence-corrected chi connectivity index (χ0v) is 15.0. The molecule has 2 rings (SSSR count). The number of nitrogens with one attached hydrogen (secondary N) is 1. The van der Waals surface area contributed by atoms with E-state index in [9.17, 15) is 13.2 Å². The van der Waals surface area contributed by atoms with Gasteiger partial charge in [-0.2, -0.15) is 0 Å². The van der Waals surface area contributed by atoms with Gasteiger partial charge in [0.25, 0.3) is 0 Å². The van der Waals surface area contributed by atoms with E-state index in [1.165, 1.54) is 11.8 Å². The van der Waals surface area contributed by atoms with E-state index in [1.54, 1.807) is 30.3 Å². The molecule has 1 atom stereocenters. The summed E-state index contributed by atoms with van der Waals surface area (Å²) in [6.07, 6.45) is 1.08. The zero-order chi connectivity index (χ0) is 17.0. The first-order chi connectivity index (χ1) is 10.8. The average Bonchev–Trinajstić information content (AvgIpc) is 2.48. The van der Waals surface area contributed by atoms with Crippen LogP contribution < -0.4 is 4.72 Å². The molecule has 0 aliphatic carbocycles. The number of hydrogen-bond acceptors (Lipinski definition) is 4. The molecule has 0 unspecified atom stereocenters. The quantitative estimate of drug-likeness (QED) is 0.615. The van der Waals surface area contributed by atoms with E-state index in [0.29, 0.717) is 16.3 Å². The van der Waals surface area contributed by atoms with E-state index in [1.807, 2.05) is 25.1 Å². The van der Waals surface area contributed by atoms with Crippen molar-refractivity contribution in [2.45, 2.75) is 17.1 Å². The Labute approximate surface area is 145 Å². The Hall–Kier alpha value is -1.50. The maximum absolute atomic E-state index is 12.5. The van der Waals surface area contributed by atoms with Crippen molar-refractivity contribution in [2.75, 3.05) is 11.0 Å². The van der Waals surface area contributed by atoms with E-state index >= 15 is 0 Å². The van der Waals surface area contributed by atoms with Gasteiger partial charge in [-0.15, -0.1) is 11.8 Å². The molecule has 0 aliphatic rings. The second-order valence-electron chi connectivity index (χ2n) is 5.01. The minimum atomic E-state index is -3.33. The lowest BCUT2D eigenvalue weighted by Gasteiger charge is -2.12. The molecule has 0 bridgehead atoms. The third kappa shape index (κ3) is 5.27. The number of anilines is 1. The van der Waals surface area contributed by atoms with Crippen molar-refractivity contribution >= 4 is 44.9 Å². The van der Waals surface area contributed by atoms with Crippen LogP contribution >= 0.6 is 23.4 Å². The number of thioether (sulfide) groups is 1. The molecule has 0 saturated heterocycles. The van der Waals surface area contributed by atoms with Gasteiger partial charge in [-0.1, -0.05) is 23.7 Å². The maximum atomic E-state index is 12.5. The van der Waals surface area contributed by atoms with E-state index in [2.05, 4.69) is 4.72 Å². The molecular formula is C16H16ClNO3S2. The van der Waals surface area contributed by atoms with Crippen LogP contribution in [0, 0.1) is 0 Å². The highest BCUT2D eigenvalue weighted by atomic mass is 35.5. The molecule has 122 valence electrons. The first-order valence-electron chi connectivity index (χ1n) is 6.79. The molecule has 7 heteroatoms. The summed E-state index contributed by atoms with van der Waals surface area (Å²) in [5.41, 5.74) is 0.951. The van der Waals surface area contributed by atoms with Crippen molar-refractivity contribution in [3.8, 4) is 0 Å². The van der Waals surface area contributed by atoms with Gasteiger partial charge in [0.1, 0.15) is 0 Å². The molecule has 0 saturated carbocycles. The van der Waals surface area contributed by atoms with Gasteiger partial charge in [-0.3, -0.25) is 9.52 Å². The smallest absolute Gasteiger partial charge is 0.229 e. The molecule has 0 aromatic heterocycles. The Morgan fingerprint density at radius 3 is 2.30 bits per heavy atom. The van der Waals surface area contributed by atoms with Crippen LogP contribution in [-0.2, 0) is 10.0 Å². The van der Waals surface area contributed by atoms with Gasteiger partial charge < -0.3 is 0 Å². The highest BCUT2D eigenvalue weighted by Gasteiger charge is 2.17. The lowest BCUT2D eigenvalue weighted by Crippen LogP contribution is -2.14. The van der Waals surface area contributed by atoms with Gasteiger partial charge in [0.15, 0.2) is 5.78 Å². The first-order valence-corrected chi connectivity index (χ1v) is 9.94. The second-order valence-corrected chi connectivity index (χ2v) is 8.54. The van der Waals surface area contributed by atoms with Gasteiger partial charge in [-0.05, 0) is 43.3 Å². The molecule has 0 aliphatic heterocycles. The van der Waals surface area contributed by atoms with Gasteiger partial charge >= 0.3 is 0 Å². The molecule has 0 fully saturated rings. The Balaban J connectivity index is 2.09. The Morgan fingerprint density at radius 2 is 1.74 bits per heavy atom. The van der Waals surface area contributed by atoms with Crippen LogP contribution in [0.15, 0.2) is 53.4 Å². The van der Waals surface area contributed by atoms with Gasteiger partial charge in [0.2, 0.25) is 10.0 Å². The largest absolute Gasteiger partial charge is 0.293 e. The van der Waals surface area contributed by atoms with Gasteiger partial charge in [0.05, 0.1) is 16.5 Å². The summed E-state index contributed by atoms with van der Waals surface area (Å²) in [6.45, 7) is 1.82. The predicted molar refractivity (Wildman–Crippen MR) is 96.0 cm³/mol. The Kier molecular flexibility index (Phi) is 5.73. The number of sulfonamides is 1.